The number of nitrogens with zero attached hydrogens (tertiary/aromatic N) is 1. The highest BCUT2D eigenvalue weighted by molar-refractivity contribution is 6.01. The third kappa shape index (κ3) is 4.65. The second-order valence-electron chi connectivity index (χ2n) is 6.46. The third-order valence-electron chi connectivity index (χ3n) is 4.62. The van der Waals surface area contributed by atoms with Crippen LogP contribution in [0.1, 0.15) is 23.6 Å². The molecule has 1 aliphatic rings. The standard InChI is InChI=1S/C21H25N3O3/c1-27-15-7-13-22-21(26)23-19(17-9-3-2-4-10-17)20(25)24-14-12-16-8-5-6-11-18(16)24/h2-6,8-11,19H,7,12-15H2,1H3,(H2,22,23,26). The summed E-state index contributed by atoms with van der Waals surface area (Å²) in [6.45, 7) is 1.69. The van der Waals surface area contributed by atoms with Gasteiger partial charge in [0.15, 0.2) is 0 Å². The van der Waals surface area contributed by atoms with Crippen LogP contribution in [0.4, 0.5) is 10.5 Å². The Balaban J connectivity index is 1.75. The van der Waals surface area contributed by atoms with Crippen molar-refractivity contribution in [3.05, 3.63) is 65.7 Å². The van der Waals surface area contributed by atoms with E-state index in [1.165, 1.54) is 0 Å². The zero-order valence-corrected chi connectivity index (χ0v) is 15.5. The summed E-state index contributed by atoms with van der Waals surface area (Å²) in [5, 5.41) is 5.62. The Bertz CT molecular complexity index is 779. The predicted molar refractivity (Wildman–Crippen MR) is 105 cm³/mol. The highest BCUT2D eigenvalue weighted by atomic mass is 16.5. The number of nitrogens with one attached hydrogen (secondary N) is 2. The minimum Gasteiger partial charge on any atom is -0.385 e. The second kappa shape index (κ2) is 9.19. The molecule has 0 saturated heterocycles. The maximum atomic E-state index is 13.3. The summed E-state index contributed by atoms with van der Waals surface area (Å²) in [6, 6.07) is 16.1. The quantitative estimate of drug-likeness (QED) is 0.739. The van der Waals surface area contributed by atoms with Crippen LogP contribution in [0.25, 0.3) is 0 Å². The summed E-state index contributed by atoms with van der Waals surface area (Å²) >= 11 is 0. The molecule has 3 amide bonds. The molecule has 27 heavy (non-hydrogen) atoms. The first-order chi connectivity index (χ1) is 13.2. The number of fused-ring (bicyclic) bond motifs is 1. The number of carbonyl (C=O) groups excluding carboxylic acids is 2. The van der Waals surface area contributed by atoms with Crippen LogP contribution in [0.2, 0.25) is 0 Å². The number of para-hydroxylation sites is 1. The first kappa shape index (κ1) is 18.9. The predicted octanol–water partition coefficient (Wildman–Crippen LogP) is 2.65. The zero-order valence-electron chi connectivity index (χ0n) is 15.5. The molecule has 0 bridgehead atoms. The van der Waals surface area contributed by atoms with Crippen molar-refractivity contribution in [2.75, 3.05) is 31.7 Å². The Morgan fingerprint density at radius 2 is 1.85 bits per heavy atom. The summed E-state index contributed by atoms with van der Waals surface area (Å²) in [5.41, 5.74) is 2.84. The topological polar surface area (TPSA) is 70.7 Å². The Morgan fingerprint density at radius 3 is 2.63 bits per heavy atom. The number of benzene rings is 2. The highest BCUT2D eigenvalue weighted by Gasteiger charge is 2.31. The number of rotatable bonds is 7. The molecule has 0 fully saturated rings. The van der Waals surface area contributed by atoms with E-state index in [1.807, 2.05) is 54.6 Å². The van der Waals surface area contributed by atoms with Gasteiger partial charge in [0.25, 0.3) is 5.91 Å². The van der Waals surface area contributed by atoms with E-state index in [4.69, 9.17) is 4.74 Å². The molecule has 3 rings (SSSR count). The summed E-state index contributed by atoms with van der Waals surface area (Å²) in [4.78, 5) is 27.4. The van der Waals surface area contributed by atoms with Crippen LogP contribution in [0.5, 0.6) is 0 Å². The first-order valence-corrected chi connectivity index (χ1v) is 9.18. The number of amides is 3. The molecule has 6 nitrogen and oxygen atoms in total. The largest absolute Gasteiger partial charge is 0.385 e. The van der Waals surface area contributed by atoms with Gasteiger partial charge < -0.3 is 20.3 Å². The van der Waals surface area contributed by atoms with Gasteiger partial charge in [0.05, 0.1) is 0 Å². The first-order valence-electron chi connectivity index (χ1n) is 9.18. The number of hydrogen-bond donors (Lipinski definition) is 2. The van der Waals surface area contributed by atoms with E-state index >= 15 is 0 Å². The minimum absolute atomic E-state index is 0.127. The van der Waals surface area contributed by atoms with Crippen molar-refractivity contribution < 1.29 is 14.3 Å². The Labute approximate surface area is 159 Å². The number of hydrogen-bond acceptors (Lipinski definition) is 3. The number of anilines is 1. The number of methoxy groups -OCH3 is 1. The summed E-state index contributed by atoms with van der Waals surface area (Å²) in [6.07, 6.45) is 1.54. The Kier molecular flexibility index (Phi) is 6.44. The van der Waals surface area contributed by atoms with Crippen molar-refractivity contribution in [1.29, 1.82) is 0 Å². The van der Waals surface area contributed by atoms with Gasteiger partial charge in [-0.25, -0.2) is 4.79 Å². The van der Waals surface area contributed by atoms with Crippen LogP contribution in [-0.2, 0) is 16.0 Å². The maximum Gasteiger partial charge on any atom is 0.315 e. The van der Waals surface area contributed by atoms with E-state index < -0.39 is 6.04 Å². The van der Waals surface area contributed by atoms with Gasteiger partial charge >= 0.3 is 6.03 Å². The average molecular weight is 367 g/mol. The molecule has 0 radical (unpaired) electrons. The van der Waals surface area contributed by atoms with Gasteiger partial charge in [0.2, 0.25) is 0 Å². The van der Waals surface area contributed by atoms with Gasteiger partial charge in [-0.05, 0) is 30.0 Å². The van der Waals surface area contributed by atoms with Gasteiger partial charge in [-0.3, -0.25) is 4.79 Å². The van der Waals surface area contributed by atoms with Gasteiger partial charge in [-0.15, -0.1) is 0 Å². The van der Waals surface area contributed by atoms with Crippen LogP contribution in [0, 0.1) is 0 Å². The summed E-state index contributed by atoms with van der Waals surface area (Å²) < 4.78 is 4.98. The van der Waals surface area contributed by atoms with Gasteiger partial charge in [-0.1, -0.05) is 48.5 Å². The van der Waals surface area contributed by atoms with Crippen molar-refractivity contribution >= 4 is 17.6 Å². The van der Waals surface area contributed by atoms with Crippen LogP contribution in [0.15, 0.2) is 54.6 Å². The number of carbonyl (C=O) groups is 2. The van der Waals surface area contributed by atoms with Crippen LogP contribution in [-0.4, -0.2) is 38.7 Å². The molecule has 0 saturated carbocycles. The van der Waals surface area contributed by atoms with Crippen molar-refractivity contribution in [1.82, 2.24) is 10.6 Å². The van der Waals surface area contributed by atoms with E-state index in [-0.39, 0.29) is 11.9 Å². The lowest BCUT2D eigenvalue weighted by Crippen LogP contribution is -2.46. The number of ether oxygens (including phenoxy) is 1. The lowest BCUT2D eigenvalue weighted by atomic mass is 10.1. The molecule has 1 heterocycles. The maximum absolute atomic E-state index is 13.3. The molecule has 1 aliphatic heterocycles. The molecule has 0 aromatic heterocycles. The minimum atomic E-state index is -0.736. The Hall–Kier alpha value is -2.86. The molecule has 142 valence electrons. The fraction of sp³-hybridized carbons (Fsp3) is 0.333. The molecule has 0 aliphatic carbocycles. The van der Waals surface area contributed by atoms with Crippen LogP contribution in [0.3, 0.4) is 0 Å². The lowest BCUT2D eigenvalue weighted by molar-refractivity contribution is -0.120. The molecule has 2 aromatic rings. The van der Waals surface area contributed by atoms with E-state index in [1.54, 1.807) is 12.0 Å². The molecule has 0 spiro atoms. The van der Waals surface area contributed by atoms with Gasteiger partial charge in [-0.2, -0.15) is 0 Å². The summed E-state index contributed by atoms with van der Waals surface area (Å²) in [5.74, 6) is -0.127. The third-order valence-corrected chi connectivity index (χ3v) is 4.62. The van der Waals surface area contributed by atoms with Crippen molar-refractivity contribution in [3.63, 3.8) is 0 Å². The van der Waals surface area contributed by atoms with E-state index in [0.717, 1.165) is 23.2 Å². The molecular formula is C21H25N3O3. The van der Waals surface area contributed by atoms with E-state index in [9.17, 15) is 9.59 Å². The SMILES string of the molecule is COCCCNC(=O)NC(C(=O)N1CCc2ccccc21)c1ccccc1. The van der Waals surface area contributed by atoms with Crippen molar-refractivity contribution in [2.24, 2.45) is 0 Å². The summed E-state index contributed by atoms with van der Waals surface area (Å²) in [7, 11) is 1.62. The van der Waals surface area contributed by atoms with E-state index in [2.05, 4.69) is 10.6 Å². The van der Waals surface area contributed by atoms with Crippen LogP contribution < -0.4 is 15.5 Å². The lowest BCUT2D eigenvalue weighted by Gasteiger charge is -2.25. The molecular weight excluding hydrogens is 342 g/mol. The molecule has 1 unspecified atom stereocenters. The van der Waals surface area contributed by atoms with Crippen molar-refractivity contribution in [3.8, 4) is 0 Å². The molecule has 1 atom stereocenters. The number of urea groups is 1. The molecule has 6 heteroatoms. The van der Waals surface area contributed by atoms with Crippen LogP contribution >= 0.6 is 0 Å². The normalized spacial score (nSPS) is 13.7. The smallest absolute Gasteiger partial charge is 0.315 e. The monoisotopic (exact) mass is 367 g/mol. The van der Waals surface area contributed by atoms with Crippen molar-refractivity contribution in [2.45, 2.75) is 18.9 Å². The van der Waals surface area contributed by atoms with E-state index in [0.29, 0.717) is 26.1 Å². The average Bonchev–Trinajstić information content (AvgIpc) is 3.14. The zero-order chi connectivity index (χ0) is 19.1. The fourth-order valence-corrected chi connectivity index (χ4v) is 3.26. The Morgan fingerprint density at radius 1 is 1.11 bits per heavy atom. The fourth-order valence-electron chi connectivity index (χ4n) is 3.26. The van der Waals surface area contributed by atoms with Gasteiger partial charge in [0, 0.05) is 32.5 Å². The second-order valence-corrected chi connectivity index (χ2v) is 6.46. The molecule has 2 aromatic carbocycles. The van der Waals surface area contributed by atoms with Gasteiger partial charge in [0.1, 0.15) is 6.04 Å². The highest BCUT2D eigenvalue weighted by Crippen LogP contribution is 2.30. The molecule has 2 N–H and O–H groups in total.